The first-order valence-corrected chi connectivity index (χ1v) is 6.09. The fourth-order valence-electron chi connectivity index (χ4n) is 1.90. The summed E-state index contributed by atoms with van der Waals surface area (Å²) in [7, 11) is 0. The lowest BCUT2D eigenvalue weighted by molar-refractivity contribution is 0.0912. The molecule has 92 valence electrons. The molecule has 2 aromatic rings. The Balaban J connectivity index is 1.79. The zero-order chi connectivity index (χ0) is 12.4. The van der Waals surface area contributed by atoms with Gasteiger partial charge in [0.2, 0.25) is 0 Å². The minimum Gasteiger partial charge on any atom is -0.348 e. The number of hydrogen-bond donors (Lipinski definition) is 1. The quantitative estimate of drug-likeness (QED) is 0.888. The van der Waals surface area contributed by atoms with Crippen LogP contribution in [0, 0.1) is 0 Å². The molecule has 18 heavy (non-hydrogen) atoms. The number of pyridine rings is 1. The molecule has 1 saturated carbocycles. The van der Waals surface area contributed by atoms with Gasteiger partial charge in [-0.2, -0.15) is 0 Å². The van der Waals surface area contributed by atoms with Crippen LogP contribution in [0.2, 0.25) is 0 Å². The molecule has 1 N–H and O–H groups in total. The molecule has 0 bridgehead atoms. The summed E-state index contributed by atoms with van der Waals surface area (Å²) in [5, 5.41) is 2.98. The molecule has 2 heterocycles. The third-order valence-corrected chi connectivity index (χ3v) is 3.18. The van der Waals surface area contributed by atoms with E-state index in [-0.39, 0.29) is 5.91 Å². The Hall–Kier alpha value is -2.17. The minimum absolute atomic E-state index is 0.0957. The third kappa shape index (κ3) is 2.11. The molecule has 0 atom stereocenters. The van der Waals surface area contributed by atoms with Crippen molar-refractivity contribution in [1.82, 2.24) is 19.9 Å². The van der Waals surface area contributed by atoms with Crippen molar-refractivity contribution in [2.24, 2.45) is 0 Å². The average molecular weight is 242 g/mol. The van der Waals surface area contributed by atoms with Gasteiger partial charge in [-0.1, -0.05) is 6.07 Å². The third-order valence-electron chi connectivity index (χ3n) is 3.18. The second-order valence-electron chi connectivity index (χ2n) is 4.45. The van der Waals surface area contributed by atoms with Gasteiger partial charge in [0.05, 0.1) is 0 Å². The van der Waals surface area contributed by atoms with E-state index in [0.717, 1.165) is 12.8 Å². The summed E-state index contributed by atoms with van der Waals surface area (Å²) in [5.41, 5.74) is 0.452. The lowest BCUT2D eigenvalue weighted by Gasteiger charge is -2.26. The molecule has 2 aromatic heterocycles. The van der Waals surface area contributed by atoms with Crippen molar-refractivity contribution in [1.29, 1.82) is 0 Å². The maximum atomic E-state index is 12.0. The van der Waals surface area contributed by atoms with Gasteiger partial charge >= 0.3 is 0 Å². The lowest BCUT2D eigenvalue weighted by atomic mass is 9.93. The number of carbonyl (C=O) groups excluding carboxylic acids is 1. The summed E-state index contributed by atoms with van der Waals surface area (Å²) in [6.45, 7) is 0. The fraction of sp³-hybridized carbons (Fsp3) is 0.308. The number of nitrogens with zero attached hydrogens (tertiary/aromatic N) is 3. The van der Waals surface area contributed by atoms with E-state index in [1.807, 2.05) is 12.1 Å². The van der Waals surface area contributed by atoms with Crippen molar-refractivity contribution >= 4 is 5.91 Å². The predicted molar refractivity (Wildman–Crippen MR) is 66.5 cm³/mol. The molecular formula is C13H14N4O. The average Bonchev–Trinajstić information content (AvgIpc) is 2.87. The molecular weight excluding hydrogens is 228 g/mol. The van der Waals surface area contributed by atoms with E-state index in [0.29, 0.717) is 17.6 Å². The van der Waals surface area contributed by atoms with Crippen LogP contribution >= 0.6 is 0 Å². The first-order chi connectivity index (χ1) is 8.83. The maximum absolute atomic E-state index is 12.0. The van der Waals surface area contributed by atoms with Crippen LogP contribution in [0.4, 0.5) is 0 Å². The number of hydrogen-bond acceptors (Lipinski definition) is 3. The molecule has 0 aromatic carbocycles. The zero-order valence-corrected chi connectivity index (χ0v) is 9.91. The van der Waals surface area contributed by atoms with E-state index in [1.165, 1.54) is 6.42 Å². The number of carbonyl (C=O) groups is 1. The van der Waals surface area contributed by atoms with Crippen LogP contribution in [-0.4, -0.2) is 26.5 Å². The van der Waals surface area contributed by atoms with Gasteiger partial charge in [-0.05, 0) is 31.4 Å². The van der Waals surface area contributed by atoms with Crippen LogP contribution in [0.1, 0.15) is 29.8 Å². The highest BCUT2D eigenvalue weighted by molar-refractivity contribution is 5.92. The SMILES string of the molecule is O=C(NC1CCC1)c1cccc(-n2ccnc2)n1. The van der Waals surface area contributed by atoms with E-state index < -0.39 is 0 Å². The molecule has 1 aliphatic rings. The van der Waals surface area contributed by atoms with Gasteiger partial charge < -0.3 is 5.32 Å². The summed E-state index contributed by atoms with van der Waals surface area (Å²) >= 11 is 0. The summed E-state index contributed by atoms with van der Waals surface area (Å²) in [6, 6.07) is 5.74. The summed E-state index contributed by atoms with van der Waals surface area (Å²) in [4.78, 5) is 20.3. The van der Waals surface area contributed by atoms with E-state index in [4.69, 9.17) is 0 Å². The Morgan fingerprint density at radius 3 is 2.94 bits per heavy atom. The Labute approximate surface area is 105 Å². The lowest BCUT2D eigenvalue weighted by Crippen LogP contribution is -2.39. The largest absolute Gasteiger partial charge is 0.348 e. The fourth-order valence-corrected chi connectivity index (χ4v) is 1.90. The smallest absolute Gasteiger partial charge is 0.270 e. The molecule has 0 unspecified atom stereocenters. The molecule has 5 nitrogen and oxygen atoms in total. The second-order valence-corrected chi connectivity index (χ2v) is 4.45. The minimum atomic E-state index is -0.0957. The summed E-state index contributed by atoms with van der Waals surface area (Å²) in [5.74, 6) is 0.607. The van der Waals surface area contributed by atoms with Crippen molar-refractivity contribution < 1.29 is 4.79 Å². The van der Waals surface area contributed by atoms with Crippen LogP contribution in [0.25, 0.3) is 5.82 Å². The van der Waals surface area contributed by atoms with Crippen LogP contribution in [0.15, 0.2) is 36.9 Å². The first kappa shape index (κ1) is 11.0. The summed E-state index contributed by atoms with van der Waals surface area (Å²) in [6.07, 6.45) is 8.50. The number of nitrogens with one attached hydrogen (secondary N) is 1. The van der Waals surface area contributed by atoms with Crippen molar-refractivity contribution in [3.8, 4) is 5.82 Å². The van der Waals surface area contributed by atoms with E-state index in [1.54, 1.807) is 29.4 Å². The zero-order valence-electron chi connectivity index (χ0n) is 9.91. The van der Waals surface area contributed by atoms with Crippen molar-refractivity contribution in [2.45, 2.75) is 25.3 Å². The van der Waals surface area contributed by atoms with E-state index >= 15 is 0 Å². The second kappa shape index (κ2) is 4.60. The molecule has 1 aliphatic carbocycles. The standard InChI is InChI=1S/C13H14N4O/c18-13(15-10-3-1-4-10)11-5-2-6-12(16-11)17-8-7-14-9-17/h2,5-10H,1,3-4H2,(H,15,18). The molecule has 1 fully saturated rings. The number of imidazole rings is 1. The monoisotopic (exact) mass is 242 g/mol. The Morgan fingerprint density at radius 1 is 1.39 bits per heavy atom. The van der Waals surface area contributed by atoms with E-state index in [2.05, 4.69) is 15.3 Å². The van der Waals surface area contributed by atoms with Gasteiger partial charge in [0.25, 0.3) is 5.91 Å². The van der Waals surface area contributed by atoms with Gasteiger partial charge in [-0.3, -0.25) is 9.36 Å². The van der Waals surface area contributed by atoms with Crippen LogP contribution in [-0.2, 0) is 0 Å². The van der Waals surface area contributed by atoms with Crippen LogP contribution in [0.3, 0.4) is 0 Å². The molecule has 0 aliphatic heterocycles. The molecule has 1 amide bonds. The Morgan fingerprint density at radius 2 is 2.28 bits per heavy atom. The molecule has 0 spiro atoms. The van der Waals surface area contributed by atoms with Gasteiger partial charge in [-0.15, -0.1) is 0 Å². The number of rotatable bonds is 3. The van der Waals surface area contributed by atoms with Gasteiger partial charge in [0.1, 0.15) is 17.8 Å². The first-order valence-electron chi connectivity index (χ1n) is 6.09. The van der Waals surface area contributed by atoms with Crippen LogP contribution in [0.5, 0.6) is 0 Å². The number of aromatic nitrogens is 3. The van der Waals surface area contributed by atoms with Crippen molar-refractivity contribution in [3.05, 3.63) is 42.6 Å². The normalized spacial score (nSPS) is 15.1. The van der Waals surface area contributed by atoms with Crippen LogP contribution < -0.4 is 5.32 Å². The van der Waals surface area contributed by atoms with Crippen molar-refractivity contribution in [3.63, 3.8) is 0 Å². The predicted octanol–water partition coefficient (Wildman–Crippen LogP) is 1.55. The van der Waals surface area contributed by atoms with E-state index in [9.17, 15) is 4.79 Å². The highest BCUT2D eigenvalue weighted by atomic mass is 16.1. The highest BCUT2D eigenvalue weighted by Crippen LogP contribution is 2.18. The van der Waals surface area contributed by atoms with Gasteiger partial charge in [0, 0.05) is 18.4 Å². The van der Waals surface area contributed by atoms with Gasteiger partial charge in [0.15, 0.2) is 0 Å². The Bertz CT molecular complexity index is 546. The summed E-state index contributed by atoms with van der Waals surface area (Å²) < 4.78 is 1.78. The topological polar surface area (TPSA) is 59.8 Å². The van der Waals surface area contributed by atoms with Gasteiger partial charge in [-0.25, -0.2) is 9.97 Å². The van der Waals surface area contributed by atoms with Crippen molar-refractivity contribution in [2.75, 3.05) is 0 Å². The maximum Gasteiger partial charge on any atom is 0.270 e. The molecule has 3 rings (SSSR count). The molecule has 0 radical (unpaired) electrons. The number of amides is 1. The Kier molecular flexibility index (Phi) is 2.80. The molecule has 0 saturated heterocycles. The molecule has 5 heteroatoms. The highest BCUT2D eigenvalue weighted by Gasteiger charge is 2.20.